The van der Waals surface area contributed by atoms with Crippen molar-refractivity contribution < 1.29 is 0 Å². The van der Waals surface area contributed by atoms with E-state index in [4.69, 9.17) is 0 Å². The summed E-state index contributed by atoms with van der Waals surface area (Å²) in [5, 5.41) is 0. The SMILES string of the molecule is CN1CCC(C#CBr)C1. The van der Waals surface area contributed by atoms with Crippen LogP contribution in [0.1, 0.15) is 6.42 Å². The minimum atomic E-state index is 0.606. The van der Waals surface area contributed by atoms with Crippen LogP contribution in [-0.2, 0) is 0 Å². The van der Waals surface area contributed by atoms with E-state index in [1.807, 2.05) is 0 Å². The van der Waals surface area contributed by atoms with Crippen molar-refractivity contribution in [1.29, 1.82) is 0 Å². The van der Waals surface area contributed by atoms with Crippen molar-refractivity contribution in [1.82, 2.24) is 4.90 Å². The summed E-state index contributed by atoms with van der Waals surface area (Å²) in [5.74, 6) is 3.71. The molecule has 0 N–H and O–H groups in total. The summed E-state index contributed by atoms with van der Waals surface area (Å²) in [7, 11) is 2.13. The van der Waals surface area contributed by atoms with Gasteiger partial charge in [-0.25, -0.2) is 0 Å². The van der Waals surface area contributed by atoms with Gasteiger partial charge in [-0.1, -0.05) is 5.92 Å². The Morgan fingerprint density at radius 1 is 1.67 bits per heavy atom. The van der Waals surface area contributed by atoms with E-state index >= 15 is 0 Å². The molecular weight excluding hydrogens is 178 g/mol. The van der Waals surface area contributed by atoms with Gasteiger partial charge in [0, 0.05) is 28.4 Å². The van der Waals surface area contributed by atoms with Crippen LogP contribution in [0.25, 0.3) is 0 Å². The van der Waals surface area contributed by atoms with Crippen LogP contribution in [0.2, 0.25) is 0 Å². The Kier molecular flexibility index (Phi) is 2.56. The Morgan fingerprint density at radius 3 is 2.89 bits per heavy atom. The second-order valence-corrected chi connectivity index (χ2v) is 2.88. The van der Waals surface area contributed by atoms with Gasteiger partial charge in [0.2, 0.25) is 0 Å². The molecule has 0 spiro atoms. The zero-order valence-electron chi connectivity index (χ0n) is 5.52. The highest BCUT2D eigenvalue weighted by molar-refractivity contribution is 9.12. The zero-order valence-corrected chi connectivity index (χ0v) is 7.11. The molecule has 50 valence electrons. The number of halogens is 1. The normalized spacial score (nSPS) is 27.6. The molecule has 1 aliphatic heterocycles. The summed E-state index contributed by atoms with van der Waals surface area (Å²) in [6.45, 7) is 2.34. The smallest absolute Gasteiger partial charge is 0.0351 e. The minimum absolute atomic E-state index is 0.606. The van der Waals surface area contributed by atoms with Crippen molar-refractivity contribution in [2.45, 2.75) is 6.42 Å². The van der Waals surface area contributed by atoms with E-state index in [2.05, 4.69) is 38.6 Å². The number of nitrogens with zero attached hydrogens (tertiary/aromatic N) is 1. The largest absolute Gasteiger partial charge is 0.305 e. The van der Waals surface area contributed by atoms with E-state index in [0.717, 1.165) is 6.54 Å². The molecule has 0 aromatic carbocycles. The lowest BCUT2D eigenvalue weighted by atomic mass is 10.1. The number of hydrogen-bond acceptors (Lipinski definition) is 1. The Balaban J connectivity index is 2.36. The van der Waals surface area contributed by atoms with Gasteiger partial charge in [0.05, 0.1) is 0 Å². The molecule has 1 aliphatic rings. The van der Waals surface area contributed by atoms with Gasteiger partial charge in [-0.15, -0.1) is 0 Å². The van der Waals surface area contributed by atoms with Crippen LogP contribution in [0.3, 0.4) is 0 Å². The quantitative estimate of drug-likeness (QED) is 0.518. The summed E-state index contributed by atoms with van der Waals surface area (Å²) in [6.07, 6.45) is 1.23. The molecule has 1 atom stereocenters. The fourth-order valence-electron chi connectivity index (χ4n) is 1.13. The fraction of sp³-hybridized carbons (Fsp3) is 0.714. The molecule has 0 bridgehead atoms. The summed E-state index contributed by atoms with van der Waals surface area (Å²) in [4.78, 5) is 5.07. The van der Waals surface area contributed by atoms with E-state index in [0.29, 0.717) is 5.92 Å². The molecule has 1 saturated heterocycles. The van der Waals surface area contributed by atoms with E-state index in [1.54, 1.807) is 0 Å². The predicted octanol–water partition coefficient (Wildman–Crippen LogP) is 1.29. The molecule has 1 heterocycles. The van der Waals surface area contributed by atoms with Gasteiger partial charge in [0.1, 0.15) is 0 Å². The number of likely N-dealkylation sites (tertiary alicyclic amines) is 1. The Morgan fingerprint density at radius 2 is 2.44 bits per heavy atom. The molecule has 0 aromatic rings. The Labute approximate surface area is 64.5 Å². The molecule has 1 unspecified atom stereocenters. The first-order valence-corrected chi connectivity index (χ1v) is 3.92. The maximum atomic E-state index is 3.10. The van der Waals surface area contributed by atoms with Gasteiger partial charge in [0.15, 0.2) is 0 Å². The molecule has 0 saturated carbocycles. The highest BCUT2D eigenvalue weighted by Crippen LogP contribution is 2.12. The molecule has 1 fully saturated rings. The van der Waals surface area contributed by atoms with E-state index in [-0.39, 0.29) is 0 Å². The third kappa shape index (κ3) is 2.00. The molecule has 1 nitrogen and oxygen atoms in total. The van der Waals surface area contributed by atoms with Crippen molar-refractivity contribution in [2.24, 2.45) is 5.92 Å². The second kappa shape index (κ2) is 3.24. The molecule has 1 rings (SSSR count). The Hall–Kier alpha value is 0. The van der Waals surface area contributed by atoms with Crippen molar-refractivity contribution >= 4 is 15.9 Å². The molecule has 0 aliphatic carbocycles. The van der Waals surface area contributed by atoms with Crippen molar-refractivity contribution in [3.05, 3.63) is 0 Å². The lowest BCUT2D eigenvalue weighted by Gasteiger charge is -2.03. The lowest BCUT2D eigenvalue weighted by molar-refractivity contribution is 0.410. The first kappa shape index (κ1) is 7.11. The third-order valence-electron chi connectivity index (χ3n) is 1.65. The van der Waals surface area contributed by atoms with Crippen molar-refractivity contribution in [3.63, 3.8) is 0 Å². The van der Waals surface area contributed by atoms with Gasteiger partial charge in [-0.2, -0.15) is 0 Å². The van der Waals surface area contributed by atoms with E-state index in [9.17, 15) is 0 Å². The molecule has 0 radical (unpaired) electrons. The standard InChI is InChI=1S/C7H10BrN/c1-9-5-3-7(6-9)2-4-8/h7H,3,5-6H2,1H3. The van der Waals surface area contributed by atoms with Crippen LogP contribution in [0.5, 0.6) is 0 Å². The van der Waals surface area contributed by atoms with Gasteiger partial charge >= 0.3 is 0 Å². The molecule has 0 aromatic heterocycles. The first-order valence-electron chi connectivity index (χ1n) is 3.12. The minimum Gasteiger partial charge on any atom is -0.305 e. The van der Waals surface area contributed by atoms with Gasteiger partial charge in [-0.3, -0.25) is 0 Å². The average molecular weight is 188 g/mol. The lowest BCUT2D eigenvalue weighted by Crippen LogP contribution is -2.13. The highest BCUT2D eigenvalue weighted by Gasteiger charge is 2.16. The van der Waals surface area contributed by atoms with E-state index in [1.165, 1.54) is 13.0 Å². The second-order valence-electron chi connectivity index (χ2n) is 2.49. The van der Waals surface area contributed by atoms with Crippen LogP contribution in [-0.4, -0.2) is 25.0 Å². The number of hydrogen-bond donors (Lipinski definition) is 0. The molecule has 0 amide bonds. The van der Waals surface area contributed by atoms with Crippen molar-refractivity contribution in [2.75, 3.05) is 20.1 Å². The van der Waals surface area contributed by atoms with Crippen molar-refractivity contribution in [3.8, 4) is 10.8 Å². The maximum absolute atomic E-state index is 3.10. The van der Waals surface area contributed by atoms with Crippen LogP contribution in [0.15, 0.2) is 0 Å². The summed E-state index contributed by atoms with van der Waals surface area (Å²) in [6, 6.07) is 0. The molecule has 9 heavy (non-hydrogen) atoms. The first-order chi connectivity index (χ1) is 4.33. The summed E-state index contributed by atoms with van der Waals surface area (Å²) < 4.78 is 0. The molecule has 2 heteroatoms. The van der Waals surface area contributed by atoms with Crippen LogP contribution < -0.4 is 0 Å². The topological polar surface area (TPSA) is 3.24 Å². The third-order valence-corrected chi connectivity index (χ3v) is 1.88. The van der Waals surface area contributed by atoms with Gasteiger partial charge in [0.25, 0.3) is 0 Å². The fourth-order valence-corrected chi connectivity index (χ4v) is 1.45. The Bertz CT molecular complexity index is 145. The van der Waals surface area contributed by atoms with Gasteiger partial charge < -0.3 is 4.90 Å². The predicted molar refractivity (Wildman–Crippen MR) is 42.3 cm³/mol. The summed E-state index contributed by atoms with van der Waals surface area (Å²) in [5.41, 5.74) is 0. The van der Waals surface area contributed by atoms with Gasteiger partial charge in [-0.05, 0) is 24.8 Å². The van der Waals surface area contributed by atoms with Crippen LogP contribution in [0.4, 0.5) is 0 Å². The molecular formula is C7H10BrN. The van der Waals surface area contributed by atoms with Crippen LogP contribution >= 0.6 is 15.9 Å². The average Bonchev–Trinajstić information content (AvgIpc) is 2.17. The number of rotatable bonds is 0. The maximum Gasteiger partial charge on any atom is 0.0351 e. The summed E-state index contributed by atoms with van der Waals surface area (Å²) >= 11 is 3.10. The highest BCUT2D eigenvalue weighted by atomic mass is 79.9. The van der Waals surface area contributed by atoms with Crippen LogP contribution in [0, 0.1) is 16.7 Å². The zero-order chi connectivity index (χ0) is 6.69. The van der Waals surface area contributed by atoms with E-state index < -0.39 is 0 Å². The monoisotopic (exact) mass is 187 g/mol.